The number of aromatic nitrogens is 1. The molecule has 0 radical (unpaired) electrons. The summed E-state index contributed by atoms with van der Waals surface area (Å²) in [6, 6.07) is 11.4. The quantitative estimate of drug-likeness (QED) is 0.703. The van der Waals surface area contributed by atoms with Crippen molar-refractivity contribution >= 4 is 48.5 Å². The van der Waals surface area contributed by atoms with Crippen molar-refractivity contribution in [1.29, 1.82) is 0 Å². The van der Waals surface area contributed by atoms with Crippen molar-refractivity contribution in [3.63, 3.8) is 0 Å². The molecule has 1 heterocycles. The van der Waals surface area contributed by atoms with Gasteiger partial charge in [-0.2, -0.15) is 0 Å². The predicted octanol–water partition coefficient (Wildman–Crippen LogP) is 4.93. The van der Waals surface area contributed by atoms with Gasteiger partial charge >= 0.3 is 0 Å². The second-order valence-corrected chi connectivity index (χ2v) is 6.78. The molecule has 2 aromatic carbocycles. The number of rotatable bonds is 2. The lowest BCUT2D eigenvalue weighted by Crippen LogP contribution is -2.11. The first kappa shape index (κ1) is 14.2. The number of thiazole rings is 1. The van der Waals surface area contributed by atoms with E-state index in [2.05, 4.69) is 46.1 Å². The first-order chi connectivity index (χ1) is 10.0. The van der Waals surface area contributed by atoms with E-state index in [1.807, 2.05) is 18.2 Å². The fraction of sp³-hybridized carbons (Fsp3) is 0.125. The molecular weight excluding hydrogens is 348 g/mol. The summed E-state index contributed by atoms with van der Waals surface area (Å²) < 4.78 is 1.97. The van der Waals surface area contributed by atoms with Crippen molar-refractivity contribution < 1.29 is 4.79 Å². The lowest BCUT2D eigenvalue weighted by atomic mass is 10.1. The maximum atomic E-state index is 12.2. The molecule has 0 aliphatic heterocycles. The first-order valence-electron chi connectivity index (χ1n) is 6.48. The van der Waals surface area contributed by atoms with Crippen molar-refractivity contribution in [3.05, 3.63) is 57.6 Å². The summed E-state index contributed by atoms with van der Waals surface area (Å²) in [6.07, 6.45) is 0. The number of carbonyl (C=O) groups excluding carboxylic acids is 1. The molecule has 0 bridgehead atoms. The minimum Gasteiger partial charge on any atom is -0.298 e. The Morgan fingerprint density at radius 3 is 2.81 bits per heavy atom. The van der Waals surface area contributed by atoms with E-state index in [-0.39, 0.29) is 5.91 Å². The summed E-state index contributed by atoms with van der Waals surface area (Å²) in [6.45, 7) is 4.12. The predicted molar refractivity (Wildman–Crippen MR) is 91.2 cm³/mol. The maximum absolute atomic E-state index is 12.2. The smallest absolute Gasteiger partial charge is 0.257 e. The maximum Gasteiger partial charge on any atom is 0.257 e. The SMILES string of the molecule is Cc1ccc2sc(NC(=O)c3cccc(Br)c3)nc2c1C. The van der Waals surface area contributed by atoms with Crippen LogP contribution in [0.3, 0.4) is 0 Å². The Morgan fingerprint density at radius 2 is 2.05 bits per heavy atom. The summed E-state index contributed by atoms with van der Waals surface area (Å²) in [5.74, 6) is -0.148. The molecule has 5 heteroatoms. The number of anilines is 1. The van der Waals surface area contributed by atoms with Gasteiger partial charge in [-0.25, -0.2) is 4.98 Å². The zero-order valence-corrected chi connectivity index (χ0v) is 14.0. The van der Waals surface area contributed by atoms with Gasteiger partial charge in [-0.05, 0) is 49.2 Å². The molecule has 1 N–H and O–H groups in total. The van der Waals surface area contributed by atoms with E-state index >= 15 is 0 Å². The number of nitrogens with zero attached hydrogens (tertiary/aromatic N) is 1. The Morgan fingerprint density at radius 1 is 1.24 bits per heavy atom. The Bertz CT molecular complexity index is 841. The molecule has 0 saturated carbocycles. The van der Waals surface area contributed by atoms with Crippen LogP contribution >= 0.6 is 27.3 Å². The van der Waals surface area contributed by atoms with Gasteiger partial charge in [0.2, 0.25) is 0 Å². The van der Waals surface area contributed by atoms with Crippen LogP contribution in [-0.2, 0) is 0 Å². The standard InChI is InChI=1S/C16H13BrN2OS/c1-9-6-7-13-14(10(9)2)18-16(21-13)19-15(20)11-4-3-5-12(17)8-11/h3-8H,1-2H3,(H,18,19,20). The molecule has 0 saturated heterocycles. The molecule has 0 aliphatic rings. The Labute approximate surface area is 135 Å². The number of halogens is 1. The van der Waals surface area contributed by atoms with Crippen molar-refractivity contribution in [3.8, 4) is 0 Å². The number of aryl methyl sites for hydroxylation is 2. The minimum atomic E-state index is -0.148. The molecule has 0 aliphatic carbocycles. The molecule has 0 spiro atoms. The number of carbonyl (C=O) groups is 1. The van der Waals surface area contributed by atoms with E-state index in [4.69, 9.17) is 0 Å². The van der Waals surface area contributed by atoms with E-state index < -0.39 is 0 Å². The Kier molecular flexibility index (Phi) is 3.78. The van der Waals surface area contributed by atoms with Gasteiger partial charge < -0.3 is 0 Å². The highest BCUT2D eigenvalue weighted by Gasteiger charge is 2.11. The lowest BCUT2D eigenvalue weighted by molar-refractivity contribution is 0.102. The monoisotopic (exact) mass is 360 g/mol. The third-order valence-corrected chi connectivity index (χ3v) is 4.82. The van der Waals surface area contributed by atoms with Crippen LogP contribution in [0.15, 0.2) is 40.9 Å². The molecule has 0 atom stereocenters. The highest BCUT2D eigenvalue weighted by molar-refractivity contribution is 9.10. The zero-order valence-electron chi connectivity index (χ0n) is 11.6. The largest absolute Gasteiger partial charge is 0.298 e. The third kappa shape index (κ3) is 2.84. The third-order valence-electron chi connectivity index (χ3n) is 3.39. The van der Waals surface area contributed by atoms with Crippen molar-refractivity contribution in [1.82, 2.24) is 4.98 Å². The Hall–Kier alpha value is -1.72. The van der Waals surface area contributed by atoms with Gasteiger partial charge in [0, 0.05) is 10.0 Å². The van der Waals surface area contributed by atoms with E-state index in [1.165, 1.54) is 16.9 Å². The minimum absolute atomic E-state index is 0.148. The highest BCUT2D eigenvalue weighted by Crippen LogP contribution is 2.29. The summed E-state index contributed by atoms with van der Waals surface area (Å²) in [5, 5.41) is 3.50. The summed E-state index contributed by atoms with van der Waals surface area (Å²) in [4.78, 5) is 16.8. The van der Waals surface area contributed by atoms with E-state index in [1.54, 1.807) is 12.1 Å². The molecule has 1 amide bonds. The molecular formula is C16H13BrN2OS. The van der Waals surface area contributed by atoms with Crippen LogP contribution in [0, 0.1) is 13.8 Å². The van der Waals surface area contributed by atoms with Gasteiger partial charge in [0.15, 0.2) is 5.13 Å². The Balaban J connectivity index is 1.91. The summed E-state index contributed by atoms with van der Waals surface area (Å²) >= 11 is 4.86. The van der Waals surface area contributed by atoms with Crippen LogP contribution in [0.1, 0.15) is 21.5 Å². The number of nitrogens with one attached hydrogen (secondary N) is 1. The van der Waals surface area contributed by atoms with Crippen LogP contribution in [0.5, 0.6) is 0 Å². The highest BCUT2D eigenvalue weighted by atomic mass is 79.9. The van der Waals surface area contributed by atoms with E-state index in [9.17, 15) is 4.79 Å². The molecule has 3 rings (SSSR count). The van der Waals surface area contributed by atoms with Gasteiger partial charge in [-0.1, -0.05) is 39.4 Å². The van der Waals surface area contributed by atoms with Crippen molar-refractivity contribution in [2.45, 2.75) is 13.8 Å². The second-order valence-electron chi connectivity index (χ2n) is 4.84. The van der Waals surface area contributed by atoms with E-state index in [0.717, 1.165) is 20.3 Å². The average Bonchev–Trinajstić information content (AvgIpc) is 2.86. The number of amides is 1. The van der Waals surface area contributed by atoms with Gasteiger partial charge in [0.1, 0.15) is 0 Å². The molecule has 0 fully saturated rings. The fourth-order valence-corrected chi connectivity index (χ4v) is 3.40. The molecule has 1 aromatic heterocycles. The fourth-order valence-electron chi connectivity index (χ4n) is 2.08. The second kappa shape index (κ2) is 5.58. The van der Waals surface area contributed by atoms with Crippen LogP contribution in [-0.4, -0.2) is 10.9 Å². The molecule has 3 nitrogen and oxygen atoms in total. The number of hydrogen-bond donors (Lipinski definition) is 1. The topological polar surface area (TPSA) is 42.0 Å². The van der Waals surface area contributed by atoms with Gasteiger partial charge in [-0.3, -0.25) is 10.1 Å². The van der Waals surface area contributed by atoms with Crippen LogP contribution in [0.2, 0.25) is 0 Å². The van der Waals surface area contributed by atoms with Crippen LogP contribution in [0.25, 0.3) is 10.2 Å². The van der Waals surface area contributed by atoms with Crippen LogP contribution in [0.4, 0.5) is 5.13 Å². The summed E-state index contributed by atoms with van der Waals surface area (Å²) in [7, 11) is 0. The first-order valence-corrected chi connectivity index (χ1v) is 8.09. The number of hydrogen-bond acceptors (Lipinski definition) is 3. The van der Waals surface area contributed by atoms with Crippen LogP contribution < -0.4 is 5.32 Å². The van der Waals surface area contributed by atoms with Gasteiger partial charge in [0.25, 0.3) is 5.91 Å². The molecule has 21 heavy (non-hydrogen) atoms. The number of benzene rings is 2. The van der Waals surface area contributed by atoms with E-state index in [0.29, 0.717) is 10.7 Å². The van der Waals surface area contributed by atoms with Crippen molar-refractivity contribution in [2.75, 3.05) is 5.32 Å². The normalized spacial score (nSPS) is 10.8. The number of fused-ring (bicyclic) bond motifs is 1. The average molecular weight is 361 g/mol. The molecule has 3 aromatic rings. The van der Waals surface area contributed by atoms with Gasteiger partial charge in [-0.15, -0.1) is 0 Å². The molecule has 106 valence electrons. The van der Waals surface area contributed by atoms with Crippen molar-refractivity contribution in [2.24, 2.45) is 0 Å². The molecule has 0 unspecified atom stereocenters. The zero-order chi connectivity index (χ0) is 15.0. The lowest BCUT2D eigenvalue weighted by Gasteiger charge is -2.01. The van der Waals surface area contributed by atoms with Gasteiger partial charge in [0.05, 0.1) is 10.2 Å². The summed E-state index contributed by atoms with van der Waals surface area (Å²) in [5.41, 5.74) is 3.94.